The SMILES string of the molecule is N#[N+]c1ccc(F)cc1COB1OCCCCO1. The first-order valence-electron chi connectivity index (χ1n) is 5.78. The number of rotatable bonds is 3. The average molecular weight is 251 g/mol. The van der Waals surface area contributed by atoms with Gasteiger partial charge in [-0.05, 0) is 25.0 Å². The van der Waals surface area contributed by atoms with Crippen LogP contribution in [0.2, 0.25) is 0 Å². The summed E-state index contributed by atoms with van der Waals surface area (Å²) in [5, 5.41) is 8.78. The van der Waals surface area contributed by atoms with E-state index < -0.39 is 13.1 Å². The Labute approximate surface area is 105 Å². The molecule has 2 rings (SSSR count). The molecule has 94 valence electrons. The molecule has 0 atom stereocenters. The van der Waals surface area contributed by atoms with Gasteiger partial charge in [0.2, 0.25) is 5.39 Å². The second-order valence-electron chi connectivity index (χ2n) is 3.92. The van der Waals surface area contributed by atoms with Gasteiger partial charge in [0, 0.05) is 19.3 Å². The lowest BCUT2D eigenvalue weighted by molar-refractivity contribution is 0.107. The van der Waals surface area contributed by atoms with E-state index in [0.717, 1.165) is 12.8 Å². The molecule has 5 nitrogen and oxygen atoms in total. The van der Waals surface area contributed by atoms with Crippen molar-refractivity contribution >= 4 is 13.0 Å². The van der Waals surface area contributed by atoms with Gasteiger partial charge in [-0.1, -0.05) is 0 Å². The van der Waals surface area contributed by atoms with Crippen LogP contribution in [0.3, 0.4) is 0 Å². The third kappa shape index (κ3) is 3.50. The Hall–Kier alpha value is -1.49. The molecule has 1 heterocycles. The van der Waals surface area contributed by atoms with E-state index in [2.05, 4.69) is 4.98 Å². The van der Waals surface area contributed by atoms with Crippen LogP contribution in [0.1, 0.15) is 18.4 Å². The van der Waals surface area contributed by atoms with Crippen LogP contribution in [0.15, 0.2) is 18.2 Å². The van der Waals surface area contributed by atoms with E-state index in [1.165, 1.54) is 18.2 Å². The maximum absolute atomic E-state index is 13.1. The van der Waals surface area contributed by atoms with E-state index in [9.17, 15) is 4.39 Å². The van der Waals surface area contributed by atoms with Crippen molar-refractivity contribution in [1.82, 2.24) is 0 Å². The molecule has 0 spiro atoms. The van der Waals surface area contributed by atoms with Crippen molar-refractivity contribution in [3.63, 3.8) is 0 Å². The predicted molar refractivity (Wildman–Crippen MR) is 62.8 cm³/mol. The zero-order chi connectivity index (χ0) is 12.8. The van der Waals surface area contributed by atoms with Crippen molar-refractivity contribution in [2.24, 2.45) is 0 Å². The first-order valence-corrected chi connectivity index (χ1v) is 5.78. The first kappa shape index (κ1) is 13.0. The van der Waals surface area contributed by atoms with Crippen molar-refractivity contribution in [1.29, 1.82) is 5.39 Å². The molecule has 0 aliphatic carbocycles. The molecule has 1 aromatic rings. The number of diazo groups is 1. The van der Waals surface area contributed by atoms with Crippen molar-refractivity contribution in [3.05, 3.63) is 34.6 Å². The van der Waals surface area contributed by atoms with E-state index in [-0.39, 0.29) is 12.3 Å². The van der Waals surface area contributed by atoms with Gasteiger partial charge in [0.1, 0.15) is 5.82 Å². The summed E-state index contributed by atoms with van der Waals surface area (Å²) >= 11 is 0. The summed E-state index contributed by atoms with van der Waals surface area (Å²) in [6, 6.07) is 3.85. The lowest BCUT2D eigenvalue weighted by Crippen LogP contribution is -2.25. The fourth-order valence-electron chi connectivity index (χ4n) is 1.63. The molecule has 0 aromatic heterocycles. The number of hydrogen-bond donors (Lipinski definition) is 0. The molecule has 18 heavy (non-hydrogen) atoms. The predicted octanol–water partition coefficient (Wildman–Crippen LogP) is 2.64. The van der Waals surface area contributed by atoms with Gasteiger partial charge in [-0.25, -0.2) is 4.39 Å². The Morgan fingerprint density at radius 2 is 2.06 bits per heavy atom. The monoisotopic (exact) mass is 251 g/mol. The van der Waals surface area contributed by atoms with Crippen molar-refractivity contribution < 1.29 is 18.4 Å². The molecular formula is C11H13BFN2O3+. The van der Waals surface area contributed by atoms with Crippen LogP contribution in [0.25, 0.3) is 4.98 Å². The molecule has 0 bridgehead atoms. The van der Waals surface area contributed by atoms with E-state index in [0.29, 0.717) is 18.8 Å². The third-order valence-electron chi connectivity index (χ3n) is 2.57. The van der Waals surface area contributed by atoms with Crippen LogP contribution in [0.5, 0.6) is 0 Å². The molecule has 1 aliphatic heterocycles. The Bertz CT molecular complexity index is 444. The maximum atomic E-state index is 13.1. The number of benzene rings is 1. The minimum Gasteiger partial charge on any atom is -0.386 e. The zero-order valence-electron chi connectivity index (χ0n) is 9.84. The lowest BCUT2D eigenvalue weighted by Gasteiger charge is -2.10. The van der Waals surface area contributed by atoms with Gasteiger partial charge in [-0.15, -0.1) is 0 Å². The molecule has 0 radical (unpaired) electrons. The Kier molecular flexibility index (Phi) is 4.64. The summed E-state index contributed by atoms with van der Waals surface area (Å²) in [7, 11) is -0.748. The van der Waals surface area contributed by atoms with E-state index >= 15 is 0 Å². The molecule has 1 saturated heterocycles. The highest BCUT2D eigenvalue weighted by molar-refractivity contribution is 6.36. The lowest BCUT2D eigenvalue weighted by atomic mass is 10.1. The fourth-order valence-corrected chi connectivity index (χ4v) is 1.63. The molecule has 0 saturated carbocycles. The average Bonchev–Trinajstić information content (AvgIpc) is 2.65. The number of halogens is 1. The van der Waals surface area contributed by atoms with Gasteiger partial charge >= 0.3 is 13.0 Å². The van der Waals surface area contributed by atoms with Crippen LogP contribution in [-0.4, -0.2) is 20.5 Å². The summed E-state index contributed by atoms with van der Waals surface area (Å²) < 4.78 is 29.0. The third-order valence-corrected chi connectivity index (χ3v) is 2.57. The molecule has 0 N–H and O–H groups in total. The minimum atomic E-state index is -0.748. The van der Waals surface area contributed by atoms with E-state index in [4.69, 9.17) is 19.4 Å². The summed E-state index contributed by atoms with van der Waals surface area (Å²) in [5.41, 5.74) is 0.707. The van der Waals surface area contributed by atoms with Crippen LogP contribution < -0.4 is 0 Å². The van der Waals surface area contributed by atoms with Gasteiger partial charge in [0.15, 0.2) is 4.98 Å². The van der Waals surface area contributed by atoms with E-state index in [1.807, 2.05) is 0 Å². The molecule has 1 aromatic carbocycles. The fraction of sp³-hybridized carbons (Fsp3) is 0.455. The van der Waals surface area contributed by atoms with Crippen LogP contribution >= 0.6 is 0 Å². The van der Waals surface area contributed by atoms with Crippen molar-refractivity contribution in [2.45, 2.75) is 19.4 Å². The van der Waals surface area contributed by atoms with Crippen LogP contribution in [0.4, 0.5) is 10.1 Å². The Morgan fingerprint density at radius 1 is 1.33 bits per heavy atom. The number of hydrogen-bond acceptors (Lipinski definition) is 4. The van der Waals surface area contributed by atoms with E-state index in [1.54, 1.807) is 0 Å². The van der Waals surface area contributed by atoms with Crippen LogP contribution in [0, 0.1) is 11.2 Å². The molecule has 1 fully saturated rings. The minimum absolute atomic E-state index is 0.0574. The number of nitrogens with zero attached hydrogens (tertiary/aromatic N) is 2. The molecule has 0 unspecified atom stereocenters. The normalized spacial score (nSPS) is 16.1. The summed E-state index contributed by atoms with van der Waals surface area (Å²) in [5.74, 6) is -0.413. The standard InChI is InChI=1S/C11H13BFN2O3/c13-10-3-4-11(15-14)9(7-10)8-18-12-16-5-1-2-6-17-12/h3-4,7H,1-2,5-6,8H2/q+1. The smallest absolute Gasteiger partial charge is 0.386 e. The molecule has 1 aliphatic rings. The summed E-state index contributed by atoms with van der Waals surface area (Å²) in [6.07, 6.45) is 1.86. The highest BCUT2D eigenvalue weighted by Gasteiger charge is 2.25. The van der Waals surface area contributed by atoms with Crippen LogP contribution in [-0.2, 0) is 20.6 Å². The second-order valence-corrected chi connectivity index (χ2v) is 3.92. The van der Waals surface area contributed by atoms with Gasteiger partial charge in [0.25, 0.3) is 0 Å². The molecule has 7 heteroatoms. The summed E-state index contributed by atoms with van der Waals surface area (Å²) in [6.45, 7) is 1.21. The molecular weight excluding hydrogens is 238 g/mol. The van der Waals surface area contributed by atoms with Gasteiger partial charge in [0.05, 0.1) is 12.2 Å². The highest BCUT2D eigenvalue weighted by atomic mass is 19.1. The largest absolute Gasteiger partial charge is 0.639 e. The highest BCUT2D eigenvalue weighted by Crippen LogP contribution is 2.21. The second kappa shape index (κ2) is 6.45. The van der Waals surface area contributed by atoms with Gasteiger partial charge in [-0.2, -0.15) is 0 Å². The van der Waals surface area contributed by atoms with Crippen molar-refractivity contribution in [3.8, 4) is 0 Å². The quantitative estimate of drug-likeness (QED) is 0.612. The first-order chi connectivity index (χ1) is 8.79. The molecule has 0 amide bonds. The Morgan fingerprint density at radius 3 is 2.72 bits per heavy atom. The Balaban J connectivity index is 1.96. The van der Waals surface area contributed by atoms with Gasteiger partial charge in [-0.3, -0.25) is 0 Å². The topological polar surface area (TPSA) is 55.8 Å². The zero-order valence-corrected chi connectivity index (χ0v) is 9.84. The van der Waals surface area contributed by atoms with Crippen molar-refractivity contribution in [2.75, 3.05) is 13.2 Å². The maximum Gasteiger partial charge on any atom is 0.639 e. The van der Waals surface area contributed by atoms with Gasteiger partial charge < -0.3 is 14.0 Å². The summed E-state index contributed by atoms with van der Waals surface area (Å²) in [4.78, 5) is 3.07.